The van der Waals surface area contributed by atoms with E-state index in [1.807, 2.05) is 6.07 Å². The first-order valence-electron chi connectivity index (χ1n) is 3.53. The molecule has 2 rings (SSSR count). The Morgan fingerprint density at radius 1 is 1.38 bits per heavy atom. The molecule has 1 aromatic heterocycles. The molecule has 0 amide bonds. The van der Waals surface area contributed by atoms with Crippen molar-refractivity contribution in [1.29, 1.82) is 5.26 Å². The highest BCUT2D eigenvalue weighted by atomic mass is 35.5. The number of hydrogen-bond donors (Lipinski definition) is 2. The average Bonchev–Trinajstić information content (AvgIpc) is 2.47. The number of rotatable bonds is 0. The van der Waals surface area contributed by atoms with E-state index in [4.69, 9.17) is 16.9 Å². The summed E-state index contributed by atoms with van der Waals surface area (Å²) in [6.45, 7) is 0. The first-order chi connectivity index (χ1) is 6.22. The van der Waals surface area contributed by atoms with Gasteiger partial charge >= 0.3 is 5.69 Å². The molecule has 5 heteroatoms. The van der Waals surface area contributed by atoms with Crippen molar-refractivity contribution >= 4 is 22.6 Å². The number of nitrogens with one attached hydrogen (secondary N) is 2. The summed E-state index contributed by atoms with van der Waals surface area (Å²) in [6.07, 6.45) is 0. The number of aromatic amines is 2. The maximum Gasteiger partial charge on any atom is 0.323 e. The van der Waals surface area contributed by atoms with Crippen LogP contribution in [0, 0.1) is 11.3 Å². The van der Waals surface area contributed by atoms with E-state index in [1.165, 1.54) is 0 Å². The normalized spacial score (nSPS) is 10.2. The molecule has 0 aliphatic rings. The van der Waals surface area contributed by atoms with Crippen molar-refractivity contribution in [3.63, 3.8) is 0 Å². The van der Waals surface area contributed by atoms with Crippen LogP contribution in [0.25, 0.3) is 11.0 Å². The molecule has 0 spiro atoms. The third kappa shape index (κ3) is 1.10. The van der Waals surface area contributed by atoms with Crippen LogP contribution in [0.5, 0.6) is 0 Å². The van der Waals surface area contributed by atoms with E-state index in [-0.39, 0.29) is 10.7 Å². The first kappa shape index (κ1) is 7.90. The minimum absolute atomic E-state index is 0.276. The van der Waals surface area contributed by atoms with Crippen LogP contribution < -0.4 is 5.69 Å². The number of nitrogens with zero attached hydrogens (tertiary/aromatic N) is 1. The SMILES string of the molecule is N#Cc1ccc2[nH]c(=O)[nH]c2c1Cl. The summed E-state index contributed by atoms with van der Waals surface area (Å²) in [5, 5.41) is 8.92. The summed E-state index contributed by atoms with van der Waals surface area (Å²) >= 11 is 5.84. The van der Waals surface area contributed by atoms with Crippen molar-refractivity contribution in [3.05, 3.63) is 33.2 Å². The summed E-state index contributed by atoms with van der Waals surface area (Å²) in [7, 11) is 0. The zero-order valence-electron chi connectivity index (χ0n) is 6.39. The number of halogens is 1. The summed E-state index contributed by atoms with van der Waals surface area (Å²) in [5.74, 6) is 0. The van der Waals surface area contributed by atoms with Crippen molar-refractivity contribution in [2.24, 2.45) is 0 Å². The smallest absolute Gasteiger partial charge is 0.306 e. The fourth-order valence-electron chi connectivity index (χ4n) is 1.16. The summed E-state index contributed by atoms with van der Waals surface area (Å²) in [5.41, 5.74) is 1.11. The number of fused-ring (bicyclic) bond motifs is 1. The standard InChI is InChI=1S/C8H4ClN3O/c9-6-4(3-10)1-2-5-7(6)12-8(13)11-5/h1-2H,(H2,11,12,13). The second-order valence-corrected chi connectivity index (χ2v) is 2.92. The third-order valence-electron chi connectivity index (χ3n) is 1.75. The molecule has 64 valence electrons. The summed E-state index contributed by atoms with van der Waals surface area (Å²) < 4.78 is 0. The first-order valence-corrected chi connectivity index (χ1v) is 3.91. The van der Waals surface area contributed by atoms with E-state index in [0.29, 0.717) is 16.6 Å². The molecule has 0 saturated carbocycles. The summed E-state index contributed by atoms with van der Waals surface area (Å²) in [6, 6.07) is 5.13. The highest BCUT2D eigenvalue weighted by Gasteiger charge is 2.06. The van der Waals surface area contributed by atoms with Gasteiger partial charge in [0, 0.05) is 0 Å². The molecule has 4 nitrogen and oxygen atoms in total. The van der Waals surface area contributed by atoms with Gasteiger partial charge in [0.1, 0.15) is 6.07 Å². The van der Waals surface area contributed by atoms with E-state index in [1.54, 1.807) is 12.1 Å². The number of H-pyrrole nitrogens is 2. The van der Waals surface area contributed by atoms with E-state index in [9.17, 15) is 4.79 Å². The molecule has 2 N–H and O–H groups in total. The van der Waals surface area contributed by atoms with Gasteiger partial charge in [0.25, 0.3) is 0 Å². The second-order valence-electron chi connectivity index (χ2n) is 2.54. The Balaban J connectivity index is 2.95. The minimum atomic E-state index is -0.327. The van der Waals surface area contributed by atoms with Crippen LogP contribution in [0.2, 0.25) is 5.02 Å². The lowest BCUT2D eigenvalue weighted by atomic mass is 10.2. The number of nitriles is 1. The van der Waals surface area contributed by atoms with Crippen LogP contribution >= 0.6 is 11.6 Å². The zero-order chi connectivity index (χ0) is 9.42. The molecule has 0 aliphatic heterocycles. The van der Waals surface area contributed by atoms with Crippen LogP contribution in [-0.2, 0) is 0 Å². The van der Waals surface area contributed by atoms with Crippen molar-refractivity contribution in [1.82, 2.24) is 9.97 Å². The van der Waals surface area contributed by atoms with Crippen LogP contribution in [0.3, 0.4) is 0 Å². The lowest BCUT2D eigenvalue weighted by molar-refractivity contribution is 1.21. The van der Waals surface area contributed by atoms with Crippen LogP contribution in [-0.4, -0.2) is 9.97 Å². The van der Waals surface area contributed by atoms with Crippen molar-refractivity contribution in [2.75, 3.05) is 0 Å². The van der Waals surface area contributed by atoms with Gasteiger partial charge < -0.3 is 9.97 Å². The second kappa shape index (κ2) is 2.64. The monoisotopic (exact) mass is 193 g/mol. The van der Waals surface area contributed by atoms with E-state index >= 15 is 0 Å². The Bertz CT molecular complexity index is 561. The number of imidazole rings is 1. The van der Waals surface area contributed by atoms with Gasteiger partial charge in [0.05, 0.1) is 21.6 Å². The minimum Gasteiger partial charge on any atom is -0.306 e. The molecule has 2 aromatic rings. The molecular formula is C8H4ClN3O. The molecule has 0 radical (unpaired) electrons. The number of aromatic nitrogens is 2. The molecule has 0 aliphatic carbocycles. The van der Waals surface area contributed by atoms with Gasteiger partial charge in [-0.3, -0.25) is 0 Å². The Hall–Kier alpha value is -1.73. The Morgan fingerprint density at radius 3 is 2.85 bits per heavy atom. The van der Waals surface area contributed by atoms with Gasteiger partial charge in [-0.25, -0.2) is 4.79 Å². The number of benzene rings is 1. The summed E-state index contributed by atoms with van der Waals surface area (Å²) in [4.78, 5) is 15.9. The highest BCUT2D eigenvalue weighted by Crippen LogP contribution is 2.22. The molecule has 0 saturated heterocycles. The average molecular weight is 194 g/mol. The molecule has 0 fully saturated rings. The predicted molar refractivity (Wildman–Crippen MR) is 48.6 cm³/mol. The van der Waals surface area contributed by atoms with E-state index in [2.05, 4.69) is 9.97 Å². The van der Waals surface area contributed by atoms with Gasteiger partial charge in [-0.05, 0) is 12.1 Å². The van der Waals surface area contributed by atoms with Gasteiger partial charge in [-0.1, -0.05) is 11.6 Å². The highest BCUT2D eigenvalue weighted by molar-refractivity contribution is 6.36. The van der Waals surface area contributed by atoms with E-state index in [0.717, 1.165) is 0 Å². The Morgan fingerprint density at radius 2 is 2.15 bits per heavy atom. The lowest BCUT2D eigenvalue weighted by Gasteiger charge is -1.94. The van der Waals surface area contributed by atoms with E-state index < -0.39 is 0 Å². The predicted octanol–water partition coefficient (Wildman–Crippen LogP) is 1.38. The van der Waals surface area contributed by atoms with Crippen molar-refractivity contribution in [2.45, 2.75) is 0 Å². The van der Waals surface area contributed by atoms with Crippen LogP contribution in [0.1, 0.15) is 5.56 Å². The zero-order valence-corrected chi connectivity index (χ0v) is 7.14. The maximum absolute atomic E-state index is 10.9. The molecular weight excluding hydrogens is 190 g/mol. The Labute approximate surface area is 77.8 Å². The molecule has 0 atom stereocenters. The van der Waals surface area contributed by atoms with Crippen molar-refractivity contribution in [3.8, 4) is 6.07 Å². The molecule has 13 heavy (non-hydrogen) atoms. The molecule has 0 bridgehead atoms. The quantitative estimate of drug-likeness (QED) is 0.664. The molecule has 1 aromatic carbocycles. The topological polar surface area (TPSA) is 72.4 Å². The fourth-order valence-corrected chi connectivity index (χ4v) is 1.41. The molecule has 0 unspecified atom stereocenters. The van der Waals surface area contributed by atoms with Gasteiger partial charge in [0.2, 0.25) is 0 Å². The van der Waals surface area contributed by atoms with Crippen LogP contribution in [0.4, 0.5) is 0 Å². The fraction of sp³-hybridized carbons (Fsp3) is 0. The largest absolute Gasteiger partial charge is 0.323 e. The van der Waals surface area contributed by atoms with Gasteiger partial charge in [-0.2, -0.15) is 5.26 Å². The number of hydrogen-bond acceptors (Lipinski definition) is 2. The maximum atomic E-state index is 10.9. The van der Waals surface area contributed by atoms with Gasteiger partial charge in [0.15, 0.2) is 0 Å². The lowest BCUT2D eigenvalue weighted by Crippen LogP contribution is -1.99. The Kier molecular flexibility index (Phi) is 1.61. The molecule has 1 heterocycles. The van der Waals surface area contributed by atoms with Gasteiger partial charge in [-0.15, -0.1) is 0 Å². The van der Waals surface area contributed by atoms with Crippen LogP contribution in [0.15, 0.2) is 16.9 Å². The third-order valence-corrected chi connectivity index (χ3v) is 2.14. The van der Waals surface area contributed by atoms with Crippen molar-refractivity contribution < 1.29 is 0 Å².